The van der Waals surface area contributed by atoms with Gasteiger partial charge >= 0.3 is 0 Å². The zero-order valence-corrected chi connectivity index (χ0v) is 14.9. The van der Waals surface area contributed by atoms with Crippen molar-refractivity contribution in [3.63, 3.8) is 0 Å². The molecule has 0 fully saturated rings. The monoisotopic (exact) mass is 414 g/mol. The molecule has 1 amide bonds. The predicted octanol–water partition coefficient (Wildman–Crippen LogP) is 1.73. The first-order chi connectivity index (χ1) is 12.5. The molecule has 0 aliphatic rings. The Morgan fingerprint density at radius 2 is 1.56 bits per heavy atom. The fourth-order valence-corrected chi connectivity index (χ4v) is 2.83. The van der Waals surface area contributed by atoms with E-state index in [4.69, 9.17) is 16.7 Å². The van der Waals surface area contributed by atoms with Crippen molar-refractivity contribution in [2.24, 2.45) is 5.14 Å². The first-order valence-electron chi connectivity index (χ1n) is 7.03. The summed E-state index contributed by atoms with van der Waals surface area (Å²) in [5.74, 6) is -0.812. The molecule has 0 saturated heterocycles. The third-order valence-corrected chi connectivity index (χ3v) is 4.71. The van der Waals surface area contributed by atoms with Crippen molar-refractivity contribution in [1.29, 1.82) is 0 Å². The van der Waals surface area contributed by atoms with Crippen LogP contribution in [0.5, 0.6) is 0 Å². The lowest BCUT2D eigenvalue weighted by atomic mass is 10.1. The number of carbonyl (C=O) groups excluding carboxylic acids is 1. The minimum absolute atomic E-state index is 0.0616. The molecule has 3 N–H and O–H groups in total. The molecule has 0 unspecified atom stereocenters. The van der Waals surface area contributed by atoms with Gasteiger partial charge in [0.05, 0.1) is 20.3 Å². The summed E-state index contributed by atoms with van der Waals surface area (Å²) >= 11 is 5.63. The van der Waals surface area contributed by atoms with Crippen molar-refractivity contribution >= 4 is 38.9 Å². The third kappa shape index (κ3) is 4.75. The second kappa shape index (κ2) is 7.65. The molecule has 27 heavy (non-hydrogen) atoms. The molecular formula is C14H11ClN4O7S. The van der Waals surface area contributed by atoms with Crippen LogP contribution < -0.4 is 10.5 Å². The number of nitrogens with zero attached hydrogens (tertiary/aromatic N) is 2. The molecule has 2 aromatic rings. The van der Waals surface area contributed by atoms with Crippen LogP contribution in [0.4, 0.5) is 11.4 Å². The fraction of sp³-hybridized carbons (Fsp3) is 0.0714. The van der Waals surface area contributed by atoms with Gasteiger partial charge in [-0.05, 0) is 17.7 Å². The van der Waals surface area contributed by atoms with Gasteiger partial charge in [0.2, 0.25) is 10.0 Å². The van der Waals surface area contributed by atoms with Gasteiger partial charge < -0.3 is 5.32 Å². The molecule has 142 valence electrons. The van der Waals surface area contributed by atoms with Crippen LogP contribution >= 0.6 is 11.6 Å². The van der Waals surface area contributed by atoms with E-state index in [0.29, 0.717) is 5.56 Å². The smallest absolute Gasteiger partial charge is 0.295 e. The number of halogens is 1. The van der Waals surface area contributed by atoms with Crippen LogP contribution in [-0.2, 0) is 16.6 Å². The number of hydrogen-bond donors (Lipinski definition) is 2. The van der Waals surface area contributed by atoms with Crippen molar-refractivity contribution in [2.75, 3.05) is 0 Å². The van der Waals surface area contributed by atoms with Gasteiger partial charge in [-0.1, -0.05) is 23.7 Å². The van der Waals surface area contributed by atoms with Crippen molar-refractivity contribution in [3.05, 3.63) is 72.8 Å². The summed E-state index contributed by atoms with van der Waals surface area (Å²) in [6.45, 7) is -0.0616. The summed E-state index contributed by atoms with van der Waals surface area (Å²) in [7, 11) is -3.85. The van der Waals surface area contributed by atoms with Crippen LogP contribution in [0.25, 0.3) is 0 Å². The molecule has 0 radical (unpaired) electrons. The molecule has 0 aliphatic carbocycles. The highest BCUT2D eigenvalue weighted by molar-refractivity contribution is 7.89. The number of hydrogen-bond acceptors (Lipinski definition) is 7. The average molecular weight is 415 g/mol. The summed E-state index contributed by atoms with van der Waals surface area (Å²) in [6.07, 6.45) is 0. The molecule has 0 bridgehead atoms. The van der Waals surface area contributed by atoms with Crippen LogP contribution in [0.1, 0.15) is 15.9 Å². The van der Waals surface area contributed by atoms with E-state index in [-0.39, 0.29) is 17.0 Å². The molecule has 0 heterocycles. The third-order valence-electron chi connectivity index (χ3n) is 3.39. The second-order valence-electron chi connectivity index (χ2n) is 5.21. The van der Waals surface area contributed by atoms with Gasteiger partial charge in [0, 0.05) is 18.7 Å². The average Bonchev–Trinajstić information content (AvgIpc) is 2.58. The van der Waals surface area contributed by atoms with E-state index in [1.165, 1.54) is 24.3 Å². The topological polar surface area (TPSA) is 176 Å². The Labute approximate surface area is 157 Å². The normalized spacial score (nSPS) is 11.0. The number of benzene rings is 2. The highest BCUT2D eigenvalue weighted by atomic mass is 35.5. The van der Waals surface area contributed by atoms with Gasteiger partial charge in [0.15, 0.2) is 5.02 Å². The number of nitro benzene ring substituents is 2. The van der Waals surface area contributed by atoms with Crippen LogP contribution in [0.15, 0.2) is 41.3 Å². The maximum absolute atomic E-state index is 12.2. The molecule has 13 heteroatoms. The number of nitrogens with two attached hydrogens (primary N) is 1. The molecule has 0 aromatic heterocycles. The maximum Gasteiger partial charge on any atom is 0.295 e. The first kappa shape index (κ1) is 20.2. The van der Waals surface area contributed by atoms with Crippen LogP contribution in [0, 0.1) is 20.2 Å². The minimum Gasteiger partial charge on any atom is -0.348 e. The van der Waals surface area contributed by atoms with Crippen molar-refractivity contribution in [2.45, 2.75) is 11.4 Å². The Bertz CT molecular complexity index is 1000. The Balaban J connectivity index is 2.23. The number of sulfonamides is 1. The summed E-state index contributed by atoms with van der Waals surface area (Å²) in [6, 6.07) is 6.96. The van der Waals surface area contributed by atoms with E-state index in [2.05, 4.69) is 5.32 Å². The SMILES string of the molecule is NS(=O)(=O)c1ccc(CNC(=O)c2cc([N+](=O)[O-])c(Cl)c([N+](=O)[O-])c2)cc1. The standard InChI is InChI=1S/C14H11ClN4O7S/c15-13-11(18(21)22)5-9(6-12(13)19(23)24)14(20)17-7-8-1-3-10(4-2-8)27(16,25)26/h1-6H,7H2,(H,17,20)(H2,16,25,26). The van der Waals surface area contributed by atoms with Gasteiger partial charge in [-0.15, -0.1) is 0 Å². The fourth-order valence-electron chi connectivity index (χ4n) is 2.07. The molecule has 0 atom stereocenters. The largest absolute Gasteiger partial charge is 0.348 e. The van der Waals surface area contributed by atoms with Crippen LogP contribution in [0.3, 0.4) is 0 Å². The maximum atomic E-state index is 12.2. The molecule has 0 aliphatic heterocycles. The molecule has 2 rings (SSSR count). The highest BCUT2D eigenvalue weighted by Gasteiger charge is 2.27. The number of primary sulfonamides is 1. The number of rotatable bonds is 6. The van der Waals surface area contributed by atoms with Gasteiger partial charge in [-0.3, -0.25) is 25.0 Å². The highest BCUT2D eigenvalue weighted by Crippen LogP contribution is 2.34. The zero-order chi connectivity index (χ0) is 20.4. The van der Waals surface area contributed by atoms with Crippen molar-refractivity contribution in [3.8, 4) is 0 Å². The van der Waals surface area contributed by atoms with Gasteiger partial charge in [0.1, 0.15) is 0 Å². The predicted molar refractivity (Wildman–Crippen MR) is 93.7 cm³/mol. The van der Waals surface area contributed by atoms with Crippen molar-refractivity contribution in [1.82, 2.24) is 5.32 Å². The minimum atomic E-state index is -3.85. The van der Waals surface area contributed by atoms with E-state index in [1.54, 1.807) is 0 Å². The van der Waals surface area contributed by atoms with E-state index >= 15 is 0 Å². The quantitative estimate of drug-likeness (QED) is 0.534. The lowest BCUT2D eigenvalue weighted by molar-refractivity contribution is -0.393. The summed E-state index contributed by atoms with van der Waals surface area (Å²) in [4.78, 5) is 32.2. The lowest BCUT2D eigenvalue weighted by Gasteiger charge is -2.07. The first-order valence-corrected chi connectivity index (χ1v) is 8.95. The molecule has 0 saturated carbocycles. The number of nitro groups is 2. The number of nitrogens with one attached hydrogen (secondary N) is 1. The lowest BCUT2D eigenvalue weighted by Crippen LogP contribution is -2.23. The molecular weight excluding hydrogens is 404 g/mol. The Morgan fingerprint density at radius 3 is 1.96 bits per heavy atom. The molecule has 11 nitrogen and oxygen atoms in total. The molecule has 2 aromatic carbocycles. The van der Waals surface area contributed by atoms with Crippen LogP contribution in [0.2, 0.25) is 5.02 Å². The Hall–Kier alpha value is -3.09. The number of amides is 1. The van der Waals surface area contributed by atoms with Gasteiger partial charge in [0.25, 0.3) is 17.3 Å². The molecule has 0 spiro atoms. The Morgan fingerprint density at radius 1 is 1.07 bits per heavy atom. The summed E-state index contributed by atoms with van der Waals surface area (Å²) in [5.41, 5.74) is -1.35. The van der Waals surface area contributed by atoms with Crippen LogP contribution in [-0.4, -0.2) is 24.2 Å². The summed E-state index contributed by atoms with van der Waals surface area (Å²) in [5, 5.41) is 28.7. The van der Waals surface area contributed by atoms with E-state index < -0.39 is 42.2 Å². The van der Waals surface area contributed by atoms with E-state index in [9.17, 15) is 33.4 Å². The Kier molecular flexibility index (Phi) is 5.73. The number of carbonyl (C=O) groups is 1. The van der Waals surface area contributed by atoms with E-state index in [1.807, 2.05) is 0 Å². The summed E-state index contributed by atoms with van der Waals surface area (Å²) < 4.78 is 22.4. The second-order valence-corrected chi connectivity index (χ2v) is 7.15. The van der Waals surface area contributed by atoms with Gasteiger partial charge in [-0.25, -0.2) is 13.6 Å². The van der Waals surface area contributed by atoms with Gasteiger partial charge in [-0.2, -0.15) is 0 Å². The zero-order valence-electron chi connectivity index (χ0n) is 13.3. The van der Waals surface area contributed by atoms with E-state index in [0.717, 1.165) is 12.1 Å². The van der Waals surface area contributed by atoms with Crippen molar-refractivity contribution < 1.29 is 23.1 Å².